The highest BCUT2D eigenvalue weighted by Gasteiger charge is 2.25. The Morgan fingerprint density at radius 2 is 1.56 bits per heavy atom. The molecule has 0 bridgehead atoms. The molecule has 2 aromatic rings. The van der Waals surface area contributed by atoms with Gasteiger partial charge in [-0.2, -0.15) is 0 Å². The molecule has 2 aromatic carbocycles. The van der Waals surface area contributed by atoms with Crippen LogP contribution >= 0.6 is 0 Å². The number of ether oxygens (including phenoxy) is 2. The van der Waals surface area contributed by atoms with Crippen LogP contribution in [0, 0.1) is 11.3 Å². The fraction of sp³-hybridized carbons (Fsp3) is 0.520. The van der Waals surface area contributed by atoms with Crippen LogP contribution < -0.4 is 9.47 Å². The van der Waals surface area contributed by atoms with Crippen molar-refractivity contribution in [3.05, 3.63) is 59.7 Å². The van der Waals surface area contributed by atoms with Crippen molar-refractivity contribution < 1.29 is 9.47 Å². The zero-order valence-electron chi connectivity index (χ0n) is 18.1. The average molecular weight is 369 g/mol. The van der Waals surface area contributed by atoms with E-state index in [2.05, 4.69) is 71.9 Å². The maximum absolute atomic E-state index is 6.22. The highest BCUT2D eigenvalue weighted by molar-refractivity contribution is 5.44. The van der Waals surface area contributed by atoms with Gasteiger partial charge in [0, 0.05) is 0 Å². The standard InChI is InChI=1S/C25H36O2/c1-8-18(2)22(17-25(4,5)6)21-14-15-23(24(16-21)26-7)27-19(3)20-12-10-9-11-13-20/h9-16,18-19,22H,8,17H2,1-7H3. The van der Waals surface area contributed by atoms with Crippen molar-refractivity contribution in [3.63, 3.8) is 0 Å². The summed E-state index contributed by atoms with van der Waals surface area (Å²) >= 11 is 0. The van der Waals surface area contributed by atoms with Gasteiger partial charge in [0.1, 0.15) is 6.10 Å². The van der Waals surface area contributed by atoms with E-state index >= 15 is 0 Å². The van der Waals surface area contributed by atoms with E-state index in [4.69, 9.17) is 9.47 Å². The summed E-state index contributed by atoms with van der Waals surface area (Å²) in [4.78, 5) is 0. The Hall–Kier alpha value is -1.96. The van der Waals surface area contributed by atoms with E-state index in [1.165, 1.54) is 12.0 Å². The van der Waals surface area contributed by atoms with Gasteiger partial charge in [-0.1, -0.05) is 77.4 Å². The number of benzene rings is 2. The molecule has 0 aromatic heterocycles. The molecular formula is C25H36O2. The molecule has 0 fully saturated rings. The second kappa shape index (κ2) is 9.30. The molecule has 27 heavy (non-hydrogen) atoms. The first kappa shape index (κ1) is 21.3. The van der Waals surface area contributed by atoms with Gasteiger partial charge in [0.25, 0.3) is 0 Å². The summed E-state index contributed by atoms with van der Waals surface area (Å²) in [6.45, 7) is 13.7. The molecule has 0 aliphatic heterocycles. The summed E-state index contributed by atoms with van der Waals surface area (Å²) in [5.41, 5.74) is 2.79. The van der Waals surface area contributed by atoms with Gasteiger partial charge < -0.3 is 9.47 Å². The van der Waals surface area contributed by atoms with Crippen molar-refractivity contribution in [1.29, 1.82) is 0 Å². The fourth-order valence-corrected chi connectivity index (χ4v) is 3.59. The third kappa shape index (κ3) is 6.02. The lowest BCUT2D eigenvalue weighted by atomic mass is 9.75. The van der Waals surface area contributed by atoms with Crippen LogP contribution in [0.25, 0.3) is 0 Å². The monoisotopic (exact) mass is 368 g/mol. The Morgan fingerprint density at radius 3 is 2.11 bits per heavy atom. The largest absolute Gasteiger partial charge is 0.493 e. The molecule has 2 nitrogen and oxygen atoms in total. The Balaban J connectivity index is 2.28. The maximum Gasteiger partial charge on any atom is 0.162 e. The molecule has 3 unspecified atom stereocenters. The summed E-state index contributed by atoms with van der Waals surface area (Å²) in [6, 6.07) is 16.8. The van der Waals surface area contributed by atoms with Crippen LogP contribution in [-0.2, 0) is 0 Å². The average Bonchev–Trinajstić information content (AvgIpc) is 2.65. The van der Waals surface area contributed by atoms with Crippen molar-refractivity contribution in [2.45, 2.75) is 66.4 Å². The second-order valence-corrected chi connectivity index (χ2v) is 8.84. The zero-order valence-corrected chi connectivity index (χ0v) is 18.1. The quantitative estimate of drug-likeness (QED) is 0.483. The molecule has 0 aliphatic rings. The first-order valence-corrected chi connectivity index (χ1v) is 10.1. The first-order valence-electron chi connectivity index (χ1n) is 10.1. The van der Waals surface area contributed by atoms with E-state index in [0.29, 0.717) is 17.3 Å². The molecule has 3 atom stereocenters. The molecule has 0 N–H and O–H groups in total. The van der Waals surface area contributed by atoms with Crippen molar-refractivity contribution in [1.82, 2.24) is 0 Å². The van der Waals surface area contributed by atoms with Crippen molar-refractivity contribution in [2.75, 3.05) is 7.11 Å². The molecule has 0 amide bonds. The lowest BCUT2D eigenvalue weighted by molar-refractivity contribution is 0.215. The van der Waals surface area contributed by atoms with E-state index in [1.54, 1.807) is 7.11 Å². The summed E-state index contributed by atoms with van der Waals surface area (Å²) in [5, 5.41) is 0. The lowest BCUT2D eigenvalue weighted by Crippen LogP contribution is -2.17. The van der Waals surface area contributed by atoms with Crippen molar-refractivity contribution in [3.8, 4) is 11.5 Å². The van der Waals surface area contributed by atoms with Gasteiger partial charge in [-0.25, -0.2) is 0 Å². The highest BCUT2D eigenvalue weighted by Crippen LogP contribution is 2.41. The van der Waals surface area contributed by atoms with Gasteiger partial charge in [-0.15, -0.1) is 0 Å². The molecule has 0 spiro atoms. The lowest BCUT2D eigenvalue weighted by Gasteiger charge is -2.31. The number of hydrogen-bond acceptors (Lipinski definition) is 2. The van der Waals surface area contributed by atoms with Crippen LogP contribution in [0.15, 0.2) is 48.5 Å². The molecule has 0 saturated heterocycles. The Kier molecular flexibility index (Phi) is 7.35. The Labute approximate surface area is 165 Å². The van der Waals surface area contributed by atoms with Crippen molar-refractivity contribution in [2.24, 2.45) is 11.3 Å². The fourth-order valence-electron chi connectivity index (χ4n) is 3.59. The van der Waals surface area contributed by atoms with Crippen LogP contribution in [0.4, 0.5) is 0 Å². The Morgan fingerprint density at radius 1 is 0.889 bits per heavy atom. The third-order valence-electron chi connectivity index (χ3n) is 5.35. The number of hydrogen-bond donors (Lipinski definition) is 0. The SMILES string of the molecule is CCC(C)C(CC(C)(C)C)c1ccc(OC(C)c2ccccc2)c(OC)c1. The Bertz CT molecular complexity index is 700. The summed E-state index contributed by atoms with van der Waals surface area (Å²) < 4.78 is 11.9. The smallest absolute Gasteiger partial charge is 0.162 e. The van der Waals surface area contributed by atoms with Gasteiger partial charge in [-0.3, -0.25) is 0 Å². The predicted octanol–water partition coefficient (Wildman–Crippen LogP) is 7.40. The minimum Gasteiger partial charge on any atom is -0.493 e. The van der Waals surface area contributed by atoms with Crippen LogP contribution in [0.3, 0.4) is 0 Å². The molecule has 0 radical (unpaired) electrons. The second-order valence-electron chi connectivity index (χ2n) is 8.84. The third-order valence-corrected chi connectivity index (χ3v) is 5.35. The van der Waals surface area contributed by atoms with Crippen LogP contribution in [0.5, 0.6) is 11.5 Å². The maximum atomic E-state index is 6.22. The van der Waals surface area contributed by atoms with Crippen molar-refractivity contribution >= 4 is 0 Å². The van der Waals surface area contributed by atoms with E-state index in [0.717, 1.165) is 23.5 Å². The highest BCUT2D eigenvalue weighted by atomic mass is 16.5. The molecule has 0 heterocycles. The zero-order chi connectivity index (χ0) is 20.0. The minimum absolute atomic E-state index is 0.0223. The van der Waals surface area contributed by atoms with Gasteiger partial charge in [-0.05, 0) is 53.9 Å². The molecular weight excluding hydrogens is 332 g/mol. The summed E-state index contributed by atoms with van der Waals surface area (Å²) in [5.74, 6) is 2.77. The van der Waals surface area contributed by atoms with Crippen LogP contribution in [0.2, 0.25) is 0 Å². The molecule has 2 rings (SSSR count). The summed E-state index contributed by atoms with van der Waals surface area (Å²) in [7, 11) is 1.72. The van der Waals surface area contributed by atoms with E-state index in [-0.39, 0.29) is 6.10 Å². The molecule has 2 heteroatoms. The molecule has 0 saturated carbocycles. The normalized spacial score (nSPS) is 15.1. The topological polar surface area (TPSA) is 18.5 Å². The van der Waals surface area contributed by atoms with Gasteiger partial charge in [0.2, 0.25) is 0 Å². The van der Waals surface area contributed by atoms with E-state index in [9.17, 15) is 0 Å². The van der Waals surface area contributed by atoms with Gasteiger partial charge in [0.05, 0.1) is 7.11 Å². The van der Waals surface area contributed by atoms with Crippen LogP contribution in [0.1, 0.15) is 77.5 Å². The number of methoxy groups -OCH3 is 1. The first-order chi connectivity index (χ1) is 12.7. The van der Waals surface area contributed by atoms with Gasteiger partial charge >= 0.3 is 0 Å². The summed E-state index contributed by atoms with van der Waals surface area (Å²) in [6.07, 6.45) is 2.31. The van der Waals surface area contributed by atoms with Gasteiger partial charge in [0.15, 0.2) is 11.5 Å². The molecule has 148 valence electrons. The van der Waals surface area contributed by atoms with E-state index in [1.807, 2.05) is 18.2 Å². The number of rotatable bonds is 8. The van der Waals surface area contributed by atoms with E-state index < -0.39 is 0 Å². The molecule has 0 aliphatic carbocycles. The van der Waals surface area contributed by atoms with Crippen LogP contribution in [-0.4, -0.2) is 7.11 Å². The predicted molar refractivity (Wildman–Crippen MR) is 115 cm³/mol. The minimum atomic E-state index is -0.0223.